The van der Waals surface area contributed by atoms with Gasteiger partial charge < -0.3 is 19.4 Å². The van der Waals surface area contributed by atoms with E-state index in [0.29, 0.717) is 19.0 Å². The van der Waals surface area contributed by atoms with Crippen molar-refractivity contribution in [1.82, 2.24) is 29.6 Å². The zero-order chi connectivity index (χ0) is 30.9. The number of nitrogens with zero attached hydrogens (tertiary/aromatic N) is 5. The quantitative estimate of drug-likeness (QED) is 0.227. The van der Waals surface area contributed by atoms with E-state index in [4.69, 9.17) is 19.6 Å². The summed E-state index contributed by atoms with van der Waals surface area (Å²) in [5.74, 6) is 1.29. The summed E-state index contributed by atoms with van der Waals surface area (Å²) in [6.45, 7) is 17.9. The van der Waals surface area contributed by atoms with E-state index in [1.54, 1.807) is 4.90 Å². The van der Waals surface area contributed by atoms with Crippen LogP contribution in [-0.2, 0) is 22.4 Å². The standard InChI is InChI=1S/C34H46N6O3/c1-9-39(33(41)43-34(6,7)8)20-25-18-35-19-27(22(25)4)24-13-14-29-26(17-24)31(38-40(29)30-12-10-11-15-42-30)32-36-23(5)28(37-32)16-21(2)3/h13-14,17-19,21,30H,9-12,15-16,20H2,1-8H3,(H,36,37). The van der Waals surface area contributed by atoms with Crippen molar-refractivity contribution in [3.8, 4) is 22.6 Å². The van der Waals surface area contributed by atoms with E-state index in [1.807, 2.05) is 44.8 Å². The van der Waals surface area contributed by atoms with Gasteiger partial charge in [0.05, 0.1) is 17.8 Å². The second-order valence-electron chi connectivity index (χ2n) is 13.1. The number of aryl methyl sites for hydroxylation is 1. The van der Waals surface area contributed by atoms with Crippen molar-refractivity contribution in [2.45, 2.75) is 99.4 Å². The van der Waals surface area contributed by atoms with Gasteiger partial charge in [0, 0.05) is 42.2 Å². The summed E-state index contributed by atoms with van der Waals surface area (Å²) >= 11 is 0. The number of fused-ring (bicyclic) bond motifs is 1. The average Bonchev–Trinajstić information content (AvgIpc) is 3.51. The molecule has 5 rings (SSSR count). The SMILES string of the molecule is CCN(Cc1cncc(-c2ccc3c(c2)c(-c2nc(CC(C)C)c(C)[nH]2)nn3C2CCCCO2)c1C)C(=O)OC(C)(C)C. The number of ether oxygens (including phenoxy) is 2. The van der Waals surface area contributed by atoms with Crippen LogP contribution in [0.1, 0.15) is 89.5 Å². The third-order valence-corrected chi connectivity index (χ3v) is 7.97. The third kappa shape index (κ3) is 6.77. The number of imidazole rings is 1. The van der Waals surface area contributed by atoms with E-state index in [0.717, 1.165) is 88.4 Å². The minimum Gasteiger partial charge on any atom is -0.444 e. The number of pyridine rings is 1. The molecule has 4 aromatic rings. The van der Waals surface area contributed by atoms with Crippen molar-refractivity contribution in [2.24, 2.45) is 5.92 Å². The summed E-state index contributed by atoms with van der Waals surface area (Å²) in [5, 5.41) is 6.13. The maximum atomic E-state index is 12.9. The van der Waals surface area contributed by atoms with Gasteiger partial charge in [-0.25, -0.2) is 14.5 Å². The summed E-state index contributed by atoms with van der Waals surface area (Å²) < 4.78 is 13.8. The molecule has 1 amide bonds. The van der Waals surface area contributed by atoms with Crippen LogP contribution in [0.3, 0.4) is 0 Å². The number of aromatic amines is 1. The second-order valence-corrected chi connectivity index (χ2v) is 13.1. The first kappa shape index (κ1) is 30.7. The van der Waals surface area contributed by atoms with Crippen LogP contribution in [0.15, 0.2) is 30.6 Å². The Morgan fingerprint density at radius 2 is 2.00 bits per heavy atom. The molecule has 9 heteroatoms. The predicted molar refractivity (Wildman–Crippen MR) is 170 cm³/mol. The molecule has 3 aromatic heterocycles. The molecule has 1 N–H and O–H groups in total. The summed E-state index contributed by atoms with van der Waals surface area (Å²) in [5.41, 5.74) is 7.57. The molecule has 1 fully saturated rings. The molecule has 0 saturated carbocycles. The molecule has 0 spiro atoms. The zero-order valence-corrected chi connectivity index (χ0v) is 27.0. The van der Waals surface area contributed by atoms with Crippen molar-refractivity contribution in [3.63, 3.8) is 0 Å². The first-order chi connectivity index (χ1) is 20.4. The highest BCUT2D eigenvalue weighted by molar-refractivity contribution is 5.95. The van der Waals surface area contributed by atoms with Gasteiger partial charge in [-0.2, -0.15) is 5.10 Å². The van der Waals surface area contributed by atoms with Crippen LogP contribution in [0.5, 0.6) is 0 Å². The Kier molecular flexibility index (Phi) is 8.92. The van der Waals surface area contributed by atoms with E-state index >= 15 is 0 Å². The van der Waals surface area contributed by atoms with Crippen molar-refractivity contribution >= 4 is 17.0 Å². The third-order valence-electron chi connectivity index (χ3n) is 7.97. The van der Waals surface area contributed by atoms with Gasteiger partial charge >= 0.3 is 6.09 Å². The van der Waals surface area contributed by atoms with Crippen LogP contribution in [-0.4, -0.2) is 54.5 Å². The molecule has 1 saturated heterocycles. The summed E-state index contributed by atoms with van der Waals surface area (Å²) in [4.78, 5) is 27.7. The topological polar surface area (TPSA) is 98.2 Å². The number of carbonyl (C=O) groups excluding carboxylic acids is 1. The number of amides is 1. The van der Waals surface area contributed by atoms with E-state index in [2.05, 4.69) is 55.9 Å². The molecule has 1 atom stereocenters. The molecular formula is C34H46N6O3. The molecule has 1 aliphatic heterocycles. The van der Waals surface area contributed by atoms with E-state index in [-0.39, 0.29) is 12.3 Å². The van der Waals surface area contributed by atoms with Crippen LogP contribution < -0.4 is 0 Å². The van der Waals surface area contributed by atoms with Crippen LogP contribution in [0.2, 0.25) is 0 Å². The van der Waals surface area contributed by atoms with Gasteiger partial charge in [-0.1, -0.05) is 19.9 Å². The number of benzene rings is 1. The fourth-order valence-corrected chi connectivity index (χ4v) is 5.67. The van der Waals surface area contributed by atoms with Gasteiger partial charge in [0.1, 0.15) is 11.3 Å². The lowest BCUT2D eigenvalue weighted by Crippen LogP contribution is -2.36. The molecule has 1 aliphatic rings. The zero-order valence-electron chi connectivity index (χ0n) is 27.0. The van der Waals surface area contributed by atoms with Crippen molar-refractivity contribution in [1.29, 1.82) is 0 Å². The smallest absolute Gasteiger partial charge is 0.410 e. The second kappa shape index (κ2) is 12.5. The predicted octanol–water partition coefficient (Wildman–Crippen LogP) is 7.76. The highest BCUT2D eigenvalue weighted by atomic mass is 16.6. The highest BCUT2D eigenvalue weighted by Crippen LogP contribution is 2.36. The Labute approximate surface area is 255 Å². The van der Waals surface area contributed by atoms with Crippen LogP contribution >= 0.6 is 0 Å². The first-order valence-electron chi connectivity index (χ1n) is 15.6. The minimum absolute atomic E-state index is 0.0957. The number of nitrogens with one attached hydrogen (secondary N) is 1. The average molecular weight is 587 g/mol. The maximum Gasteiger partial charge on any atom is 0.410 e. The molecule has 230 valence electrons. The molecule has 4 heterocycles. The molecule has 1 unspecified atom stereocenters. The first-order valence-corrected chi connectivity index (χ1v) is 15.6. The lowest BCUT2D eigenvalue weighted by atomic mass is 9.97. The Morgan fingerprint density at radius 1 is 1.21 bits per heavy atom. The Balaban J connectivity index is 1.56. The van der Waals surface area contributed by atoms with Gasteiger partial charge in [-0.15, -0.1) is 0 Å². The monoisotopic (exact) mass is 586 g/mol. The van der Waals surface area contributed by atoms with Gasteiger partial charge in [-0.3, -0.25) is 4.98 Å². The van der Waals surface area contributed by atoms with Crippen LogP contribution in [0.4, 0.5) is 4.79 Å². The molecule has 1 aromatic carbocycles. The van der Waals surface area contributed by atoms with Gasteiger partial charge in [0.15, 0.2) is 12.1 Å². The molecular weight excluding hydrogens is 540 g/mol. The van der Waals surface area contributed by atoms with Gasteiger partial charge in [0.25, 0.3) is 0 Å². The van der Waals surface area contributed by atoms with E-state index < -0.39 is 5.60 Å². The largest absolute Gasteiger partial charge is 0.444 e. The van der Waals surface area contributed by atoms with Crippen LogP contribution in [0.25, 0.3) is 33.5 Å². The summed E-state index contributed by atoms with van der Waals surface area (Å²) in [6, 6.07) is 6.45. The maximum absolute atomic E-state index is 12.9. The summed E-state index contributed by atoms with van der Waals surface area (Å²) in [7, 11) is 0. The fraction of sp³-hybridized carbons (Fsp3) is 0.529. The van der Waals surface area contributed by atoms with Crippen molar-refractivity contribution in [3.05, 3.63) is 53.1 Å². The number of hydrogen-bond acceptors (Lipinski definition) is 6. The van der Waals surface area contributed by atoms with Crippen LogP contribution in [0, 0.1) is 19.8 Å². The number of carbonyl (C=O) groups is 1. The van der Waals surface area contributed by atoms with Crippen molar-refractivity contribution < 1.29 is 14.3 Å². The normalized spacial score (nSPS) is 15.8. The minimum atomic E-state index is -0.554. The molecule has 43 heavy (non-hydrogen) atoms. The van der Waals surface area contributed by atoms with Crippen molar-refractivity contribution in [2.75, 3.05) is 13.2 Å². The van der Waals surface area contributed by atoms with Gasteiger partial charge in [-0.05, 0) is 102 Å². The lowest BCUT2D eigenvalue weighted by molar-refractivity contribution is -0.0365. The fourth-order valence-electron chi connectivity index (χ4n) is 5.67. The Hall–Kier alpha value is -3.72. The number of H-pyrrole nitrogens is 1. The number of rotatable bonds is 8. The summed E-state index contributed by atoms with van der Waals surface area (Å²) in [6.07, 6.45) is 7.36. The Morgan fingerprint density at radius 3 is 2.67 bits per heavy atom. The lowest BCUT2D eigenvalue weighted by Gasteiger charge is -2.27. The molecule has 0 aliphatic carbocycles. The van der Waals surface area contributed by atoms with E-state index in [9.17, 15) is 4.79 Å². The highest BCUT2D eigenvalue weighted by Gasteiger charge is 2.25. The number of aromatic nitrogens is 5. The molecule has 0 radical (unpaired) electrons. The number of hydrogen-bond donors (Lipinski definition) is 1. The molecule has 0 bridgehead atoms. The molecule has 9 nitrogen and oxygen atoms in total. The Bertz CT molecular complexity index is 1590. The van der Waals surface area contributed by atoms with Gasteiger partial charge in [0.2, 0.25) is 0 Å². The van der Waals surface area contributed by atoms with E-state index in [1.165, 1.54) is 0 Å².